The van der Waals surface area contributed by atoms with E-state index >= 15 is 0 Å². The van der Waals surface area contributed by atoms with Gasteiger partial charge in [0, 0.05) is 29.8 Å². The number of halogens is 2. The van der Waals surface area contributed by atoms with E-state index in [9.17, 15) is 14.0 Å². The Morgan fingerprint density at radius 2 is 2.13 bits per heavy atom. The van der Waals surface area contributed by atoms with Gasteiger partial charge in [-0.25, -0.2) is 14.4 Å². The van der Waals surface area contributed by atoms with E-state index in [1.165, 1.54) is 29.4 Å². The second-order valence-electron chi connectivity index (χ2n) is 9.40. The SMILES string of the molecule is CC1CN(C(=O)C=CCNc2cc3c(Nc4ccc(F)c(Cl)c4)ncnc3cc2OCC2CC2)CC(=O)O1. The summed E-state index contributed by atoms with van der Waals surface area (Å²) in [7, 11) is 0. The van der Waals surface area contributed by atoms with Crippen molar-refractivity contribution in [3.05, 3.63) is 59.7 Å². The lowest BCUT2D eigenvalue weighted by molar-refractivity contribution is -0.161. The second-order valence-corrected chi connectivity index (χ2v) is 9.81. The quantitative estimate of drug-likeness (QED) is 0.298. The van der Waals surface area contributed by atoms with Gasteiger partial charge in [0.25, 0.3) is 0 Å². The average Bonchev–Trinajstić information content (AvgIpc) is 3.71. The van der Waals surface area contributed by atoms with Crippen LogP contribution in [0.25, 0.3) is 10.9 Å². The monoisotopic (exact) mass is 539 g/mol. The number of hydrogen-bond acceptors (Lipinski definition) is 8. The minimum atomic E-state index is -0.505. The summed E-state index contributed by atoms with van der Waals surface area (Å²) < 4.78 is 24.8. The molecule has 1 aliphatic heterocycles. The lowest BCUT2D eigenvalue weighted by Gasteiger charge is -2.29. The van der Waals surface area contributed by atoms with Crippen LogP contribution < -0.4 is 15.4 Å². The van der Waals surface area contributed by atoms with Crippen molar-refractivity contribution in [2.24, 2.45) is 5.92 Å². The predicted octanol–water partition coefficient (Wildman–Crippen LogP) is 4.70. The molecule has 2 aliphatic rings. The van der Waals surface area contributed by atoms with Gasteiger partial charge in [0.2, 0.25) is 5.91 Å². The maximum Gasteiger partial charge on any atom is 0.325 e. The standard InChI is InChI=1S/C27H27ClFN5O4/c1-16-12-34(13-26(36)38-16)25(35)3-2-8-30-23-10-19-22(11-24(23)37-14-17-4-5-17)31-15-32-27(19)33-18-6-7-21(29)20(28)9-18/h2-3,6-7,9-11,15-17,30H,4-5,8,12-14H2,1H3,(H,31,32,33). The van der Waals surface area contributed by atoms with E-state index in [1.807, 2.05) is 12.1 Å². The molecule has 9 nitrogen and oxygen atoms in total. The van der Waals surface area contributed by atoms with E-state index in [-0.39, 0.29) is 23.6 Å². The third-order valence-corrected chi connectivity index (χ3v) is 6.49. The second kappa shape index (κ2) is 11.2. The van der Waals surface area contributed by atoms with E-state index < -0.39 is 11.8 Å². The number of ether oxygens (including phenoxy) is 2. The summed E-state index contributed by atoms with van der Waals surface area (Å²) in [6.07, 6.45) is 6.56. The smallest absolute Gasteiger partial charge is 0.325 e. The zero-order chi connectivity index (χ0) is 26.6. The van der Waals surface area contributed by atoms with Crippen LogP contribution in [0.2, 0.25) is 5.02 Å². The highest BCUT2D eigenvalue weighted by Crippen LogP contribution is 2.36. The first-order valence-electron chi connectivity index (χ1n) is 12.4. The van der Waals surface area contributed by atoms with Crippen molar-refractivity contribution in [1.82, 2.24) is 14.9 Å². The maximum atomic E-state index is 13.6. The van der Waals surface area contributed by atoms with Crippen molar-refractivity contribution in [3.8, 4) is 5.75 Å². The number of carbonyl (C=O) groups excluding carboxylic acids is 2. The molecule has 0 radical (unpaired) electrons. The number of hydrogen-bond donors (Lipinski definition) is 2. The molecule has 2 aromatic carbocycles. The minimum Gasteiger partial charge on any atom is -0.491 e. The van der Waals surface area contributed by atoms with Crippen LogP contribution in [0.4, 0.5) is 21.6 Å². The van der Waals surface area contributed by atoms with Crippen molar-refractivity contribution in [2.75, 3.05) is 36.9 Å². The van der Waals surface area contributed by atoms with E-state index in [2.05, 4.69) is 20.6 Å². The Hall–Kier alpha value is -3.92. The number of cyclic esters (lactones) is 1. The average molecular weight is 540 g/mol. The van der Waals surface area contributed by atoms with Crippen LogP contribution in [-0.4, -0.2) is 59.1 Å². The number of rotatable bonds is 9. The van der Waals surface area contributed by atoms with Gasteiger partial charge in [0.1, 0.15) is 36.4 Å². The van der Waals surface area contributed by atoms with Gasteiger partial charge in [-0.2, -0.15) is 0 Å². The number of carbonyl (C=O) groups is 2. The van der Waals surface area contributed by atoms with Crippen LogP contribution in [0.5, 0.6) is 5.75 Å². The Kier molecular flexibility index (Phi) is 7.59. The van der Waals surface area contributed by atoms with Crippen molar-refractivity contribution < 1.29 is 23.5 Å². The first kappa shape index (κ1) is 25.7. The number of nitrogens with zero attached hydrogens (tertiary/aromatic N) is 3. The van der Waals surface area contributed by atoms with Crippen molar-refractivity contribution in [3.63, 3.8) is 0 Å². The number of aromatic nitrogens is 2. The van der Waals surface area contributed by atoms with Gasteiger partial charge in [-0.1, -0.05) is 17.7 Å². The normalized spacial score (nSPS) is 17.5. The van der Waals surface area contributed by atoms with Crippen LogP contribution in [0.3, 0.4) is 0 Å². The fourth-order valence-corrected chi connectivity index (χ4v) is 4.26. The molecule has 1 saturated carbocycles. The lowest BCUT2D eigenvalue weighted by atomic mass is 10.1. The Morgan fingerprint density at radius 3 is 2.89 bits per heavy atom. The molecule has 2 fully saturated rings. The molecule has 1 aromatic heterocycles. The van der Waals surface area contributed by atoms with E-state index in [0.717, 1.165) is 18.2 Å². The maximum absolute atomic E-state index is 13.6. The highest BCUT2D eigenvalue weighted by molar-refractivity contribution is 6.31. The van der Waals surface area contributed by atoms with Crippen LogP contribution >= 0.6 is 11.6 Å². The van der Waals surface area contributed by atoms with Gasteiger partial charge in [0.15, 0.2) is 0 Å². The number of anilines is 3. The Balaban J connectivity index is 1.35. The van der Waals surface area contributed by atoms with E-state index in [0.29, 0.717) is 54.1 Å². The van der Waals surface area contributed by atoms with Crippen molar-refractivity contribution in [2.45, 2.75) is 25.9 Å². The molecule has 1 saturated heterocycles. The van der Waals surface area contributed by atoms with Gasteiger partial charge in [-0.15, -0.1) is 0 Å². The number of esters is 1. The highest BCUT2D eigenvalue weighted by Gasteiger charge is 2.26. The first-order chi connectivity index (χ1) is 18.4. The van der Waals surface area contributed by atoms with Crippen molar-refractivity contribution in [1.29, 1.82) is 0 Å². The minimum absolute atomic E-state index is 0.00344. The number of amides is 1. The Labute approximate surface area is 224 Å². The Bertz CT molecular complexity index is 1400. The predicted molar refractivity (Wildman–Crippen MR) is 142 cm³/mol. The topological polar surface area (TPSA) is 106 Å². The zero-order valence-electron chi connectivity index (χ0n) is 20.7. The summed E-state index contributed by atoms with van der Waals surface area (Å²) in [6.45, 7) is 3.01. The molecule has 5 rings (SSSR count). The summed E-state index contributed by atoms with van der Waals surface area (Å²) in [5, 5.41) is 7.20. The number of morpholine rings is 1. The van der Waals surface area contributed by atoms with E-state index in [1.54, 1.807) is 19.1 Å². The summed E-state index contributed by atoms with van der Waals surface area (Å²) in [6, 6.07) is 8.07. The summed E-state index contributed by atoms with van der Waals surface area (Å²) >= 11 is 5.94. The van der Waals surface area contributed by atoms with Gasteiger partial charge in [-0.05, 0) is 49.9 Å². The molecule has 0 bridgehead atoms. The van der Waals surface area contributed by atoms with Gasteiger partial charge in [-0.3, -0.25) is 9.59 Å². The van der Waals surface area contributed by atoms with Crippen LogP contribution in [0.1, 0.15) is 19.8 Å². The molecular formula is C27H27ClFN5O4. The molecule has 1 aliphatic carbocycles. The van der Waals surface area contributed by atoms with Crippen LogP contribution in [-0.2, 0) is 14.3 Å². The summed E-state index contributed by atoms with van der Waals surface area (Å²) in [4.78, 5) is 34.4. The van der Waals surface area contributed by atoms with Crippen molar-refractivity contribution >= 4 is 51.6 Å². The zero-order valence-corrected chi connectivity index (χ0v) is 21.5. The fourth-order valence-electron chi connectivity index (χ4n) is 4.08. The molecular weight excluding hydrogens is 513 g/mol. The molecule has 2 N–H and O–H groups in total. The number of fused-ring (bicyclic) bond motifs is 1. The van der Waals surface area contributed by atoms with E-state index in [4.69, 9.17) is 21.1 Å². The van der Waals surface area contributed by atoms with Crippen LogP contribution in [0, 0.1) is 11.7 Å². The molecule has 198 valence electrons. The highest BCUT2D eigenvalue weighted by atomic mass is 35.5. The van der Waals surface area contributed by atoms with Gasteiger partial charge in [0.05, 0.1) is 29.4 Å². The lowest BCUT2D eigenvalue weighted by Crippen LogP contribution is -2.46. The largest absolute Gasteiger partial charge is 0.491 e. The van der Waals surface area contributed by atoms with Gasteiger partial charge < -0.3 is 25.0 Å². The van der Waals surface area contributed by atoms with Gasteiger partial charge >= 0.3 is 5.97 Å². The number of benzene rings is 2. The molecule has 3 aromatic rings. The summed E-state index contributed by atoms with van der Waals surface area (Å²) in [5.74, 6) is 0.552. The van der Waals surface area contributed by atoms with Crippen LogP contribution in [0.15, 0.2) is 48.8 Å². The first-order valence-corrected chi connectivity index (χ1v) is 12.8. The third kappa shape index (κ3) is 6.31. The molecule has 2 heterocycles. The number of nitrogens with one attached hydrogen (secondary N) is 2. The fraction of sp³-hybridized carbons (Fsp3) is 0.333. The molecule has 0 spiro atoms. The summed E-state index contributed by atoms with van der Waals surface area (Å²) in [5.41, 5.74) is 1.96. The molecule has 38 heavy (non-hydrogen) atoms. The Morgan fingerprint density at radius 1 is 1.29 bits per heavy atom. The molecule has 1 atom stereocenters. The molecule has 11 heteroatoms. The molecule has 1 amide bonds. The molecule has 1 unspecified atom stereocenters. The third-order valence-electron chi connectivity index (χ3n) is 6.20.